The number of amides is 2. The van der Waals surface area contributed by atoms with E-state index in [4.69, 9.17) is 0 Å². The second-order valence-electron chi connectivity index (χ2n) is 7.40. The minimum absolute atomic E-state index is 0.0000860. The van der Waals surface area contributed by atoms with E-state index in [0.29, 0.717) is 16.8 Å². The van der Waals surface area contributed by atoms with Gasteiger partial charge in [0.25, 0.3) is 0 Å². The van der Waals surface area contributed by atoms with E-state index in [9.17, 15) is 14.4 Å². The normalized spacial score (nSPS) is 18.7. The second-order valence-corrected chi connectivity index (χ2v) is 8.55. The highest BCUT2D eigenvalue weighted by atomic mass is 32.2. The third kappa shape index (κ3) is 3.81. The van der Waals surface area contributed by atoms with Gasteiger partial charge in [0.05, 0.1) is 5.69 Å². The van der Waals surface area contributed by atoms with E-state index in [0.717, 1.165) is 9.79 Å². The van der Waals surface area contributed by atoms with Crippen molar-refractivity contribution in [1.29, 1.82) is 0 Å². The van der Waals surface area contributed by atoms with E-state index < -0.39 is 0 Å². The van der Waals surface area contributed by atoms with Gasteiger partial charge in [0.15, 0.2) is 5.78 Å². The van der Waals surface area contributed by atoms with Gasteiger partial charge in [-0.15, -0.1) is 0 Å². The maximum atomic E-state index is 12.5. The average molecular weight is 416 g/mol. The SMILES string of the molecule is CC1C(=O)N(c2ccc(Sc3ccc(C(=O)c4ccccc4)cc3)cc2)C(=O)C1C. The summed E-state index contributed by atoms with van der Waals surface area (Å²) in [4.78, 5) is 40.5. The molecule has 3 aromatic rings. The number of rotatable bonds is 5. The standard InChI is InChI=1S/C25H21NO3S/c1-16-17(2)25(29)26(24(16)28)20-10-14-22(15-11-20)30-21-12-8-19(9-13-21)23(27)18-6-4-3-5-7-18/h3-17H,1-2H3. The Balaban J connectivity index is 1.46. The number of carbonyl (C=O) groups excluding carboxylic acids is 3. The molecule has 5 heteroatoms. The van der Waals surface area contributed by atoms with Crippen molar-refractivity contribution in [2.24, 2.45) is 11.8 Å². The fourth-order valence-electron chi connectivity index (χ4n) is 3.43. The number of carbonyl (C=O) groups is 3. The van der Waals surface area contributed by atoms with E-state index in [1.807, 2.05) is 66.7 Å². The zero-order valence-corrected chi connectivity index (χ0v) is 17.6. The fraction of sp³-hybridized carbons (Fsp3) is 0.160. The van der Waals surface area contributed by atoms with Crippen LogP contribution in [-0.4, -0.2) is 17.6 Å². The number of ketones is 1. The van der Waals surface area contributed by atoms with Crippen molar-refractivity contribution in [3.63, 3.8) is 0 Å². The van der Waals surface area contributed by atoms with Crippen molar-refractivity contribution in [2.75, 3.05) is 4.90 Å². The Labute approximate surface area is 179 Å². The zero-order chi connectivity index (χ0) is 21.3. The van der Waals surface area contributed by atoms with Gasteiger partial charge in [0, 0.05) is 32.8 Å². The summed E-state index contributed by atoms with van der Waals surface area (Å²) in [6.07, 6.45) is 0. The molecular weight excluding hydrogens is 394 g/mol. The van der Waals surface area contributed by atoms with Gasteiger partial charge in [0.2, 0.25) is 11.8 Å². The van der Waals surface area contributed by atoms with Crippen molar-refractivity contribution in [1.82, 2.24) is 0 Å². The highest BCUT2D eigenvalue weighted by molar-refractivity contribution is 7.99. The number of nitrogens with zero attached hydrogens (tertiary/aromatic N) is 1. The molecule has 1 heterocycles. The lowest BCUT2D eigenvalue weighted by molar-refractivity contribution is -0.122. The highest BCUT2D eigenvalue weighted by Gasteiger charge is 2.42. The number of hydrogen-bond donors (Lipinski definition) is 0. The number of anilines is 1. The summed E-state index contributed by atoms with van der Waals surface area (Å²) in [7, 11) is 0. The molecule has 0 bridgehead atoms. The van der Waals surface area contributed by atoms with Crippen LogP contribution >= 0.6 is 11.8 Å². The topological polar surface area (TPSA) is 54.5 Å². The van der Waals surface area contributed by atoms with Crippen molar-refractivity contribution in [2.45, 2.75) is 23.6 Å². The van der Waals surface area contributed by atoms with Gasteiger partial charge in [-0.1, -0.05) is 55.9 Å². The van der Waals surface area contributed by atoms with E-state index in [2.05, 4.69) is 0 Å². The minimum atomic E-state index is -0.288. The van der Waals surface area contributed by atoms with Gasteiger partial charge in [-0.2, -0.15) is 0 Å². The lowest BCUT2D eigenvalue weighted by Crippen LogP contribution is -2.30. The lowest BCUT2D eigenvalue weighted by Gasteiger charge is -2.15. The van der Waals surface area contributed by atoms with Gasteiger partial charge < -0.3 is 0 Å². The monoisotopic (exact) mass is 415 g/mol. The molecule has 1 fully saturated rings. The summed E-state index contributed by atoms with van der Waals surface area (Å²) in [6.45, 7) is 3.59. The summed E-state index contributed by atoms with van der Waals surface area (Å²) in [5, 5.41) is 0. The molecule has 0 aliphatic carbocycles. The first-order valence-electron chi connectivity index (χ1n) is 9.81. The molecule has 0 spiro atoms. The summed E-state index contributed by atoms with van der Waals surface area (Å²) in [5.74, 6) is -0.870. The van der Waals surface area contributed by atoms with Crippen LogP contribution in [0.1, 0.15) is 29.8 Å². The van der Waals surface area contributed by atoms with Gasteiger partial charge in [-0.25, -0.2) is 0 Å². The van der Waals surface area contributed by atoms with Crippen molar-refractivity contribution in [3.8, 4) is 0 Å². The molecule has 1 aliphatic rings. The summed E-state index contributed by atoms with van der Waals surface area (Å²) in [5.41, 5.74) is 1.92. The average Bonchev–Trinajstić information content (AvgIpc) is 2.98. The van der Waals surface area contributed by atoms with Crippen LogP contribution in [0.25, 0.3) is 0 Å². The highest BCUT2D eigenvalue weighted by Crippen LogP contribution is 2.33. The summed E-state index contributed by atoms with van der Waals surface area (Å²) < 4.78 is 0. The van der Waals surface area contributed by atoms with E-state index in [-0.39, 0.29) is 29.4 Å². The molecule has 3 aromatic carbocycles. The fourth-order valence-corrected chi connectivity index (χ4v) is 4.24. The molecule has 0 radical (unpaired) electrons. The molecule has 1 saturated heterocycles. The Kier molecular flexibility index (Phi) is 5.55. The second kappa shape index (κ2) is 8.28. The molecule has 30 heavy (non-hydrogen) atoms. The third-order valence-corrected chi connectivity index (χ3v) is 6.47. The van der Waals surface area contributed by atoms with Crippen LogP contribution in [-0.2, 0) is 9.59 Å². The van der Waals surface area contributed by atoms with Crippen LogP contribution in [0.4, 0.5) is 5.69 Å². The van der Waals surface area contributed by atoms with Crippen LogP contribution in [0, 0.1) is 11.8 Å². The molecular formula is C25H21NO3S. The largest absolute Gasteiger partial charge is 0.289 e. The zero-order valence-electron chi connectivity index (χ0n) is 16.7. The van der Waals surface area contributed by atoms with E-state index >= 15 is 0 Å². The Morgan fingerprint density at radius 3 is 1.70 bits per heavy atom. The van der Waals surface area contributed by atoms with Crippen molar-refractivity contribution in [3.05, 3.63) is 90.0 Å². The van der Waals surface area contributed by atoms with Crippen LogP contribution in [0.5, 0.6) is 0 Å². The molecule has 4 nitrogen and oxygen atoms in total. The quantitative estimate of drug-likeness (QED) is 0.424. The van der Waals surface area contributed by atoms with Gasteiger partial charge in [-0.05, 0) is 48.5 Å². The van der Waals surface area contributed by atoms with Crippen LogP contribution in [0.15, 0.2) is 88.7 Å². The molecule has 0 aromatic heterocycles. The maximum Gasteiger partial charge on any atom is 0.237 e. The number of imide groups is 1. The molecule has 150 valence electrons. The molecule has 0 N–H and O–H groups in total. The van der Waals surface area contributed by atoms with Crippen molar-refractivity contribution >= 4 is 35.0 Å². The number of benzene rings is 3. The summed E-state index contributed by atoms with van der Waals surface area (Å²) in [6, 6.07) is 24.1. The van der Waals surface area contributed by atoms with Gasteiger partial charge in [-0.3, -0.25) is 19.3 Å². The minimum Gasteiger partial charge on any atom is -0.289 e. The first kappa shape index (κ1) is 20.1. The molecule has 2 unspecified atom stereocenters. The Hall–Kier alpha value is -3.18. The lowest BCUT2D eigenvalue weighted by atomic mass is 10.00. The predicted octanol–water partition coefficient (Wildman–Crippen LogP) is 5.21. The summed E-state index contributed by atoms with van der Waals surface area (Å²) >= 11 is 1.56. The molecule has 4 rings (SSSR count). The molecule has 0 saturated carbocycles. The number of hydrogen-bond acceptors (Lipinski definition) is 4. The Bertz CT molecular complexity index is 1070. The van der Waals surface area contributed by atoms with Crippen LogP contribution in [0.2, 0.25) is 0 Å². The molecule has 2 amide bonds. The Morgan fingerprint density at radius 2 is 1.17 bits per heavy atom. The van der Waals surface area contributed by atoms with Crippen LogP contribution < -0.4 is 4.90 Å². The Morgan fingerprint density at radius 1 is 0.700 bits per heavy atom. The van der Waals surface area contributed by atoms with Gasteiger partial charge in [0.1, 0.15) is 0 Å². The van der Waals surface area contributed by atoms with Crippen molar-refractivity contribution < 1.29 is 14.4 Å². The molecule has 2 atom stereocenters. The first-order chi connectivity index (χ1) is 14.5. The maximum absolute atomic E-state index is 12.5. The first-order valence-corrected chi connectivity index (χ1v) is 10.6. The molecule has 1 aliphatic heterocycles. The predicted molar refractivity (Wildman–Crippen MR) is 118 cm³/mol. The smallest absolute Gasteiger partial charge is 0.237 e. The third-order valence-electron chi connectivity index (χ3n) is 5.45. The van der Waals surface area contributed by atoms with Crippen LogP contribution in [0.3, 0.4) is 0 Å². The van der Waals surface area contributed by atoms with Gasteiger partial charge >= 0.3 is 0 Å². The van der Waals surface area contributed by atoms with E-state index in [1.165, 1.54) is 4.90 Å². The van der Waals surface area contributed by atoms with E-state index in [1.54, 1.807) is 37.7 Å².